The maximum Gasteiger partial charge on any atom is 0.321 e. The molecule has 4 rings (SSSR count). The highest BCUT2D eigenvalue weighted by Gasteiger charge is 2.18. The van der Waals surface area contributed by atoms with Gasteiger partial charge in [-0.25, -0.2) is 0 Å². The topological polar surface area (TPSA) is 123 Å². The quantitative estimate of drug-likeness (QED) is 0.108. The van der Waals surface area contributed by atoms with Gasteiger partial charge in [0.2, 0.25) is 0 Å². The Hall–Kier alpha value is -3.86. The second-order valence-electron chi connectivity index (χ2n) is 10.3. The fourth-order valence-corrected chi connectivity index (χ4v) is 4.81. The Labute approximate surface area is 258 Å². The maximum absolute atomic E-state index is 11.9. The van der Waals surface area contributed by atoms with E-state index in [1.807, 2.05) is 60.9 Å². The molecule has 1 unspecified atom stereocenters. The number of phenols is 1. The summed E-state index contributed by atoms with van der Waals surface area (Å²) in [5, 5.41) is 29.7. The molecule has 0 bridgehead atoms. The Morgan fingerprint density at radius 3 is 1.91 bits per heavy atom. The van der Waals surface area contributed by atoms with Gasteiger partial charge in [-0.2, -0.15) is 0 Å². The van der Waals surface area contributed by atoms with E-state index in [-0.39, 0.29) is 17.2 Å². The molecule has 2 aromatic heterocycles. The third kappa shape index (κ3) is 11.4. The van der Waals surface area contributed by atoms with Crippen LogP contribution in [0.25, 0.3) is 0 Å². The van der Waals surface area contributed by atoms with Gasteiger partial charge < -0.3 is 26.2 Å². The predicted molar refractivity (Wildman–Crippen MR) is 169 cm³/mol. The number of carboxylic acids is 1. The van der Waals surface area contributed by atoms with Crippen LogP contribution in [0.5, 0.6) is 5.75 Å². The fourth-order valence-electron chi connectivity index (χ4n) is 4.60. The number of aromatic nitrogens is 2. The average Bonchev–Trinajstić information content (AvgIpc) is 3.02. The summed E-state index contributed by atoms with van der Waals surface area (Å²) in [4.78, 5) is 23.0. The van der Waals surface area contributed by atoms with Crippen LogP contribution in [0.1, 0.15) is 28.1 Å². The van der Waals surface area contributed by atoms with E-state index in [0.29, 0.717) is 6.54 Å². The van der Waals surface area contributed by atoms with Crippen molar-refractivity contribution >= 4 is 17.6 Å². The molecule has 0 amide bonds. The van der Waals surface area contributed by atoms with Crippen molar-refractivity contribution in [2.24, 2.45) is 0 Å². The van der Waals surface area contributed by atoms with Crippen molar-refractivity contribution in [1.29, 1.82) is 0 Å². The van der Waals surface area contributed by atoms with Gasteiger partial charge in [0.15, 0.2) is 0 Å². The summed E-state index contributed by atoms with van der Waals surface area (Å²) in [7, 11) is 0. The number of hydrogen-bond donors (Lipinski definition) is 5. The number of nitrogens with one attached hydrogen (secondary N) is 3. The summed E-state index contributed by atoms with van der Waals surface area (Å²) in [6.45, 7) is 6.09. The minimum atomic E-state index is -0.940. The molecule has 0 aliphatic rings. The number of phenolic OH excluding ortho intramolecular Hbond substituents is 1. The molecule has 2 heterocycles. The molecular weight excluding hydrogens is 564 g/mol. The van der Waals surface area contributed by atoms with Crippen LogP contribution in [0, 0.1) is 0 Å². The first-order chi connectivity index (χ1) is 21.0. The zero-order valence-electron chi connectivity index (χ0n) is 24.1. The highest BCUT2D eigenvalue weighted by molar-refractivity contribution is 6.32. The zero-order chi connectivity index (χ0) is 30.3. The van der Waals surface area contributed by atoms with Gasteiger partial charge >= 0.3 is 5.97 Å². The van der Waals surface area contributed by atoms with E-state index in [0.717, 1.165) is 68.3 Å². The Bertz CT molecular complexity index is 1350. The number of aromatic hydroxyl groups is 1. The summed E-state index contributed by atoms with van der Waals surface area (Å²) in [5.41, 5.74) is 4.97. The van der Waals surface area contributed by atoms with Crippen molar-refractivity contribution in [2.75, 3.05) is 26.2 Å². The van der Waals surface area contributed by atoms with Gasteiger partial charge in [0, 0.05) is 64.8 Å². The van der Waals surface area contributed by atoms with E-state index in [4.69, 9.17) is 11.6 Å². The first-order valence-electron chi connectivity index (χ1n) is 14.4. The van der Waals surface area contributed by atoms with Crippen molar-refractivity contribution in [3.05, 3.63) is 124 Å². The third-order valence-corrected chi connectivity index (χ3v) is 7.31. The minimum absolute atomic E-state index is 0.0228. The molecule has 2 aromatic carbocycles. The first-order valence-corrected chi connectivity index (χ1v) is 14.8. The predicted octanol–water partition coefficient (Wildman–Crippen LogP) is 4.00. The largest absolute Gasteiger partial charge is 0.506 e. The summed E-state index contributed by atoms with van der Waals surface area (Å²) >= 11 is 5.99. The molecule has 0 aliphatic heterocycles. The van der Waals surface area contributed by atoms with Gasteiger partial charge in [-0.05, 0) is 59.5 Å². The molecule has 0 aliphatic carbocycles. The number of aliphatic carboxylic acids is 1. The van der Waals surface area contributed by atoms with Crippen molar-refractivity contribution in [2.45, 2.75) is 38.6 Å². The van der Waals surface area contributed by atoms with Crippen molar-refractivity contribution in [3.8, 4) is 5.75 Å². The lowest BCUT2D eigenvalue weighted by atomic mass is 10.0. The van der Waals surface area contributed by atoms with E-state index in [2.05, 4.69) is 43.0 Å². The standard InChI is InChI=1S/C33H39ClN6O3/c34-30-19-27(11-12-32(30)41)20-31(33(42)43)39-21-25-7-9-26(10-8-25)24-40(17-15-35-22-28-5-1-3-13-37-28)18-16-36-23-29-6-2-4-14-38-29/h1-14,19,31,35-36,39,41H,15-18,20-24H2,(H,42,43). The average molecular weight is 603 g/mol. The van der Waals surface area contributed by atoms with E-state index in [9.17, 15) is 15.0 Å². The molecule has 0 fully saturated rings. The van der Waals surface area contributed by atoms with Crippen LogP contribution < -0.4 is 16.0 Å². The number of carboxylic acid groups (broad SMARTS) is 1. The van der Waals surface area contributed by atoms with Gasteiger partial charge in [0.25, 0.3) is 0 Å². The van der Waals surface area contributed by atoms with Crippen LogP contribution in [-0.4, -0.2) is 63.3 Å². The van der Waals surface area contributed by atoms with Crippen LogP contribution in [0.15, 0.2) is 91.3 Å². The molecule has 4 aromatic rings. The molecule has 43 heavy (non-hydrogen) atoms. The summed E-state index contributed by atoms with van der Waals surface area (Å²) in [5.74, 6) is -0.963. The van der Waals surface area contributed by atoms with Crippen LogP contribution in [0.3, 0.4) is 0 Å². The van der Waals surface area contributed by atoms with Crippen LogP contribution in [0.4, 0.5) is 0 Å². The number of rotatable bonds is 18. The fraction of sp³-hybridized carbons (Fsp3) is 0.303. The second-order valence-corrected chi connectivity index (χ2v) is 10.8. The van der Waals surface area contributed by atoms with Crippen LogP contribution >= 0.6 is 11.6 Å². The van der Waals surface area contributed by atoms with Crippen molar-refractivity contribution in [3.63, 3.8) is 0 Å². The van der Waals surface area contributed by atoms with Crippen molar-refractivity contribution < 1.29 is 15.0 Å². The summed E-state index contributed by atoms with van der Waals surface area (Å²) < 4.78 is 0. The van der Waals surface area contributed by atoms with Gasteiger partial charge in [-0.3, -0.25) is 19.7 Å². The Kier molecular flexibility index (Phi) is 12.9. The molecule has 0 saturated heterocycles. The Morgan fingerprint density at radius 1 is 0.791 bits per heavy atom. The molecule has 226 valence electrons. The number of carbonyl (C=O) groups is 1. The number of halogens is 1. The number of nitrogens with zero attached hydrogens (tertiary/aromatic N) is 3. The van der Waals surface area contributed by atoms with Gasteiger partial charge in [0.05, 0.1) is 16.4 Å². The molecule has 9 nitrogen and oxygen atoms in total. The number of hydrogen-bond acceptors (Lipinski definition) is 8. The highest BCUT2D eigenvalue weighted by Crippen LogP contribution is 2.24. The second kappa shape index (κ2) is 17.3. The lowest BCUT2D eigenvalue weighted by Gasteiger charge is -2.23. The highest BCUT2D eigenvalue weighted by atomic mass is 35.5. The third-order valence-electron chi connectivity index (χ3n) is 7.01. The summed E-state index contributed by atoms with van der Waals surface area (Å²) in [6.07, 6.45) is 3.87. The smallest absolute Gasteiger partial charge is 0.321 e. The zero-order valence-corrected chi connectivity index (χ0v) is 24.9. The van der Waals surface area contributed by atoms with Gasteiger partial charge in [0.1, 0.15) is 11.8 Å². The monoisotopic (exact) mass is 602 g/mol. The molecule has 0 spiro atoms. The van der Waals surface area contributed by atoms with E-state index in [1.165, 1.54) is 11.6 Å². The maximum atomic E-state index is 11.9. The minimum Gasteiger partial charge on any atom is -0.506 e. The lowest BCUT2D eigenvalue weighted by molar-refractivity contribution is -0.139. The Morgan fingerprint density at radius 2 is 1.37 bits per heavy atom. The number of benzene rings is 2. The van der Waals surface area contributed by atoms with Crippen LogP contribution in [0.2, 0.25) is 5.02 Å². The van der Waals surface area contributed by atoms with E-state index < -0.39 is 12.0 Å². The first kappa shape index (κ1) is 32.1. The van der Waals surface area contributed by atoms with Gasteiger partial charge in [-0.1, -0.05) is 54.1 Å². The molecule has 1 atom stereocenters. The molecule has 0 radical (unpaired) electrons. The SMILES string of the molecule is O=C(O)C(Cc1ccc(O)c(Cl)c1)NCc1ccc(CN(CCNCc2ccccn2)CCNCc2ccccn2)cc1. The molecule has 5 N–H and O–H groups in total. The van der Waals surface area contributed by atoms with Crippen molar-refractivity contribution in [1.82, 2.24) is 30.8 Å². The molecular formula is C33H39ClN6O3. The van der Waals surface area contributed by atoms with E-state index >= 15 is 0 Å². The van der Waals surface area contributed by atoms with Gasteiger partial charge in [-0.15, -0.1) is 0 Å². The normalized spacial score (nSPS) is 12.0. The van der Waals surface area contributed by atoms with E-state index in [1.54, 1.807) is 12.1 Å². The number of pyridine rings is 2. The molecule has 10 heteroatoms. The Balaban J connectivity index is 1.28. The lowest BCUT2D eigenvalue weighted by Crippen LogP contribution is -2.38. The van der Waals surface area contributed by atoms with Crippen LogP contribution in [-0.2, 0) is 37.4 Å². The molecule has 0 saturated carbocycles. The summed E-state index contributed by atoms with van der Waals surface area (Å²) in [6, 6.07) is 24.1.